The quantitative estimate of drug-likeness (QED) is 0.467. The van der Waals surface area contributed by atoms with Gasteiger partial charge in [0.05, 0.1) is 6.10 Å². The van der Waals surface area contributed by atoms with Crippen LogP contribution >= 0.6 is 0 Å². The van der Waals surface area contributed by atoms with Crippen LogP contribution in [0.5, 0.6) is 0 Å². The molecule has 0 amide bonds. The smallest absolute Gasteiger partial charge is 0.184 e. The van der Waals surface area contributed by atoms with Crippen LogP contribution in [0.1, 0.15) is 20.3 Å². The lowest BCUT2D eigenvalue weighted by Crippen LogP contribution is -2.32. The summed E-state index contributed by atoms with van der Waals surface area (Å²) in [5, 5.41) is 0. The van der Waals surface area contributed by atoms with E-state index in [4.69, 9.17) is 4.43 Å². The molecule has 0 saturated heterocycles. The third-order valence-corrected chi connectivity index (χ3v) is 2.41. The van der Waals surface area contributed by atoms with E-state index in [1.807, 2.05) is 6.92 Å². The largest absolute Gasteiger partial charge is 0.411 e. The number of rotatable bonds is 4. The molecule has 66 valence electrons. The number of hydrogen-bond acceptors (Lipinski definition) is 1. The van der Waals surface area contributed by atoms with Crippen LogP contribution in [0.4, 0.5) is 0 Å². The Kier molecular flexibility index (Phi) is 4.04. The molecule has 0 aliphatic carbocycles. The van der Waals surface area contributed by atoms with Gasteiger partial charge >= 0.3 is 0 Å². The summed E-state index contributed by atoms with van der Waals surface area (Å²) in [5.74, 6) is 0. The molecule has 0 radical (unpaired) electrons. The fourth-order valence-corrected chi connectivity index (χ4v) is 2.18. The molecule has 0 rings (SSSR count). The Bertz CT molecular complexity index is 135. The Balaban J connectivity index is 3.99. The van der Waals surface area contributed by atoms with Crippen molar-refractivity contribution in [1.29, 1.82) is 0 Å². The van der Waals surface area contributed by atoms with Crippen molar-refractivity contribution in [3.63, 3.8) is 0 Å². The average molecular weight is 172 g/mol. The van der Waals surface area contributed by atoms with E-state index in [1.165, 1.54) is 0 Å². The maximum absolute atomic E-state index is 5.89. The molecule has 1 nitrogen and oxygen atoms in total. The van der Waals surface area contributed by atoms with Gasteiger partial charge in [-0.2, -0.15) is 0 Å². The standard InChI is InChI=1S/C9H20OSi/c1-7-9(8(2)3)10-11(4,5)6/h9H,2,7H2,1,3-6H3/t9-/m0/s1. The first-order valence-electron chi connectivity index (χ1n) is 4.20. The second-order valence-corrected chi connectivity index (χ2v) is 8.43. The highest BCUT2D eigenvalue weighted by Crippen LogP contribution is 2.14. The van der Waals surface area contributed by atoms with E-state index < -0.39 is 8.32 Å². The van der Waals surface area contributed by atoms with Crippen molar-refractivity contribution in [2.45, 2.75) is 46.0 Å². The molecule has 0 aromatic carbocycles. The highest BCUT2D eigenvalue weighted by molar-refractivity contribution is 6.69. The van der Waals surface area contributed by atoms with Crippen LogP contribution in [-0.2, 0) is 4.43 Å². The minimum Gasteiger partial charge on any atom is -0.411 e. The Labute approximate surface area is 71.6 Å². The lowest BCUT2D eigenvalue weighted by molar-refractivity contribution is 0.226. The highest BCUT2D eigenvalue weighted by Gasteiger charge is 2.19. The lowest BCUT2D eigenvalue weighted by atomic mass is 10.1. The zero-order valence-electron chi connectivity index (χ0n) is 8.40. The Hall–Kier alpha value is -0.0831. The summed E-state index contributed by atoms with van der Waals surface area (Å²) in [4.78, 5) is 0. The molecule has 2 heteroatoms. The van der Waals surface area contributed by atoms with Gasteiger partial charge in [0.25, 0.3) is 0 Å². The van der Waals surface area contributed by atoms with Gasteiger partial charge in [0.15, 0.2) is 8.32 Å². The average Bonchev–Trinajstić information content (AvgIpc) is 1.80. The van der Waals surface area contributed by atoms with Crippen molar-refractivity contribution in [2.24, 2.45) is 0 Å². The molecule has 11 heavy (non-hydrogen) atoms. The van der Waals surface area contributed by atoms with Gasteiger partial charge in [-0.15, -0.1) is 0 Å². The van der Waals surface area contributed by atoms with Gasteiger partial charge in [0.2, 0.25) is 0 Å². The number of hydrogen-bond donors (Lipinski definition) is 0. The van der Waals surface area contributed by atoms with E-state index in [0.29, 0.717) is 0 Å². The second-order valence-electron chi connectivity index (χ2n) is 3.97. The van der Waals surface area contributed by atoms with E-state index in [0.717, 1.165) is 12.0 Å². The van der Waals surface area contributed by atoms with Gasteiger partial charge in [0, 0.05) is 0 Å². The van der Waals surface area contributed by atoms with Crippen LogP contribution in [0.15, 0.2) is 12.2 Å². The third kappa shape index (κ3) is 5.22. The minimum atomic E-state index is -1.36. The highest BCUT2D eigenvalue weighted by atomic mass is 28.4. The van der Waals surface area contributed by atoms with Gasteiger partial charge < -0.3 is 4.43 Å². The molecule has 1 atom stereocenters. The Morgan fingerprint density at radius 3 is 2.00 bits per heavy atom. The first-order chi connectivity index (χ1) is 4.87. The molecule has 0 fully saturated rings. The van der Waals surface area contributed by atoms with Crippen molar-refractivity contribution < 1.29 is 4.43 Å². The first-order valence-corrected chi connectivity index (χ1v) is 7.61. The molecule has 0 aromatic rings. The van der Waals surface area contributed by atoms with Crippen LogP contribution in [0, 0.1) is 0 Å². The summed E-state index contributed by atoms with van der Waals surface area (Å²) >= 11 is 0. The Morgan fingerprint density at radius 2 is 1.91 bits per heavy atom. The molecule has 0 unspecified atom stereocenters. The van der Waals surface area contributed by atoms with Crippen molar-refractivity contribution >= 4 is 8.32 Å². The zero-order valence-corrected chi connectivity index (χ0v) is 9.40. The first kappa shape index (κ1) is 10.9. The summed E-state index contributed by atoms with van der Waals surface area (Å²) in [7, 11) is -1.36. The maximum Gasteiger partial charge on any atom is 0.184 e. The van der Waals surface area contributed by atoms with Crippen molar-refractivity contribution in [1.82, 2.24) is 0 Å². The van der Waals surface area contributed by atoms with E-state index >= 15 is 0 Å². The van der Waals surface area contributed by atoms with Gasteiger partial charge in [-0.05, 0) is 33.0 Å². The van der Waals surface area contributed by atoms with Crippen molar-refractivity contribution in [3.8, 4) is 0 Å². The monoisotopic (exact) mass is 172 g/mol. The predicted molar refractivity (Wildman–Crippen MR) is 53.3 cm³/mol. The molecular formula is C9H20OSi. The molecule has 0 spiro atoms. The molecule has 0 bridgehead atoms. The Morgan fingerprint density at radius 1 is 1.45 bits per heavy atom. The summed E-state index contributed by atoms with van der Waals surface area (Å²) in [6, 6.07) is 0. The normalized spacial score (nSPS) is 14.6. The van der Waals surface area contributed by atoms with Crippen molar-refractivity contribution in [2.75, 3.05) is 0 Å². The minimum absolute atomic E-state index is 0.279. The summed E-state index contributed by atoms with van der Waals surface area (Å²) in [6.07, 6.45) is 1.32. The van der Waals surface area contributed by atoms with Gasteiger partial charge in [-0.25, -0.2) is 0 Å². The SMILES string of the molecule is C=C(C)[C@H](CC)O[Si](C)(C)C. The topological polar surface area (TPSA) is 9.23 Å². The van der Waals surface area contributed by atoms with Gasteiger partial charge in [-0.1, -0.05) is 19.1 Å². The zero-order chi connectivity index (χ0) is 9.07. The molecular weight excluding hydrogens is 152 g/mol. The van der Waals surface area contributed by atoms with E-state index in [-0.39, 0.29) is 6.10 Å². The van der Waals surface area contributed by atoms with E-state index in [2.05, 4.69) is 33.1 Å². The predicted octanol–water partition coefficient (Wildman–Crippen LogP) is 3.19. The summed E-state index contributed by atoms with van der Waals surface area (Å²) in [5.41, 5.74) is 1.15. The fraction of sp³-hybridized carbons (Fsp3) is 0.778. The van der Waals surface area contributed by atoms with E-state index in [1.54, 1.807) is 0 Å². The molecule has 0 heterocycles. The molecule has 0 saturated carbocycles. The van der Waals surface area contributed by atoms with Crippen LogP contribution in [0.2, 0.25) is 19.6 Å². The van der Waals surface area contributed by atoms with E-state index in [9.17, 15) is 0 Å². The fourth-order valence-electron chi connectivity index (χ4n) is 0.959. The van der Waals surface area contributed by atoms with Crippen LogP contribution in [0.25, 0.3) is 0 Å². The lowest BCUT2D eigenvalue weighted by Gasteiger charge is -2.25. The molecule has 0 aliphatic rings. The van der Waals surface area contributed by atoms with Crippen molar-refractivity contribution in [3.05, 3.63) is 12.2 Å². The van der Waals surface area contributed by atoms with Crippen LogP contribution < -0.4 is 0 Å². The van der Waals surface area contributed by atoms with Gasteiger partial charge in [0.1, 0.15) is 0 Å². The second kappa shape index (κ2) is 4.07. The summed E-state index contributed by atoms with van der Waals surface area (Å²) < 4.78 is 5.89. The molecule has 0 aliphatic heterocycles. The summed E-state index contributed by atoms with van der Waals surface area (Å²) in [6.45, 7) is 14.7. The molecule has 0 aromatic heterocycles. The third-order valence-electron chi connectivity index (χ3n) is 1.42. The van der Waals surface area contributed by atoms with Crippen LogP contribution in [-0.4, -0.2) is 14.4 Å². The van der Waals surface area contributed by atoms with Gasteiger partial charge in [-0.3, -0.25) is 0 Å². The van der Waals surface area contributed by atoms with Crippen LogP contribution in [0.3, 0.4) is 0 Å². The molecule has 0 N–H and O–H groups in total. The maximum atomic E-state index is 5.89.